The lowest BCUT2D eigenvalue weighted by atomic mass is 9.96. The largest absolute Gasteiger partial charge is 0.478 e. The number of hydrogen-bond acceptors (Lipinski definition) is 4. The van der Waals surface area contributed by atoms with Gasteiger partial charge in [-0.3, -0.25) is 4.79 Å². The predicted molar refractivity (Wildman–Crippen MR) is 80.2 cm³/mol. The molecule has 0 aromatic carbocycles. The lowest BCUT2D eigenvalue weighted by Crippen LogP contribution is -2.29. The summed E-state index contributed by atoms with van der Waals surface area (Å²) in [6, 6.07) is 1.33. The Hall–Kier alpha value is -1.82. The minimum Gasteiger partial charge on any atom is -0.478 e. The summed E-state index contributed by atoms with van der Waals surface area (Å²) < 4.78 is 10.7. The number of nitrogens with zero attached hydrogens (tertiary/aromatic N) is 1. The first-order valence-electron chi connectivity index (χ1n) is 7.72. The Morgan fingerprint density at radius 1 is 1.36 bits per heavy atom. The van der Waals surface area contributed by atoms with E-state index in [1.807, 2.05) is 0 Å². The number of carbonyl (C=O) groups is 2. The van der Waals surface area contributed by atoms with Gasteiger partial charge in [0.15, 0.2) is 5.76 Å². The highest BCUT2D eigenvalue weighted by molar-refractivity contribution is 5.96. The molecule has 1 aliphatic rings. The van der Waals surface area contributed by atoms with Gasteiger partial charge >= 0.3 is 5.97 Å². The van der Waals surface area contributed by atoms with Crippen LogP contribution in [0.4, 0.5) is 0 Å². The fourth-order valence-electron chi connectivity index (χ4n) is 2.68. The monoisotopic (exact) mass is 309 g/mol. The third-order valence-electron chi connectivity index (χ3n) is 4.13. The molecule has 0 atom stereocenters. The SMILES string of the molecule is CCc1oc(C(=O)N(C)CCC2CCOCC2)cc1C(=O)O. The van der Waals surface area contributed by atoms with E-state index >= 15 is 0 Å². The van der Waals surface area contributed by atoms with Gasteiger partial charge in [-0.15, -0.1) is 0 Å². The maximum Gasteiger partial charge on any atom is 0.339 e. The number of amides is 1. The van der Waals surface area contributed by atoms with Crippen molar-refractivity contribution in [3.63, 3.8) is 0 Å². The van der Waals surface area contributed by atoms with Crippen molar-refractivity contribution in [2.75, 3.05) is 26.8 Å². The molecule has 1 N–H and O–H groups in total. The average molecular weight is 309 g/mol. The van der Waals surface area contributed by atoms with Crippen LogP contribution < -0.4 is 0 Å². The highest BCUT2D eigenvalue weighted by Gasteiger charge is 2.23. The van der Waals surface area contributed by atoms with Crippen molar-refractivity contribution in [2.24, 2.45) is 5.92 Å². The zero-order valence-electron chi connectivity index (χ0n) is 13.1. The number of aromatic carboxylic acids is 1. The Morgan fingerprint density at radius 3 is 2.59 bits per heavy atom. The molecule has 6 nitrogen and oxygen atoms in total. The number of carboxylic acids is 1. The van der Waals surface area contributed by atoms with Crippen LogP contribution in [0.3, 0.4) is 0 Å². The molecule has 1 aromatic heterocycles. The second-order valence-electron chi connectivity index (χ2n) is 5.68. The molecular formula is C16H23NO5. The molecule has 0 bridgehead atoms. The third-order valence-corrected chi connectivity index (χ3v) is 4.13. The van der Waals surface area contributed by atoms with Crippen molar-refractivity contribution in [1.82, 2.24) is 4.90 Å². The molecule has 0 radical (unpaired) electrons. The van der Waals surface area contributed by atoms with E-state index in [1.54, 1.807) is 18.9 Å². The number of furan rings is 1. The van der Waals surface area contributed by atoms with Gasteiger partial charge in [-0.05, 0) is 25.2 Å². The number of aryl methyl sites for hydroxylation is 1. The molecule has 1 fully saturated rings. The molecule has 6 heteroatoms. The average Bonchev–Trinajstić information content (AvgIpc) is 2.97. The quantitative estimate of drug-likeness (QED) is 0.873. The second-order valence-corrected chi connectivity index (χ2v) is 5.68. The van der Waals surface area contributed by atoms with Crippen LogP contribution in [-0.4, -0.2) is 48.7 Å². The molecule has 1 aliphatic heterocycles. The highest BCUT2D eigenvalue weighted by Crippen LogP contribution is 2.20. The molecule has 0 spiro atoms. The Bertz CT molecular complexity index is 531. The Balaban J connectivity index is 1.96. The molecule has 0 saturated carbocycles. The molecular weight excluding hydrogens is 286 g/mol. The third kappa shape index (κ3) is 3.88. The normalized spacial score (nSPS) is 15.7. The molecule has 1 aromatic rings. The van der Waals surface area contributed by atoms with Gasteiger partial charge in [0.2, 0.25) is 0 Å². The van der Waals surface area contributed by atoms with Gasteiger partial charge < -0.3 is 19.2 Å². The first kappa shape index (κ1) is 16.5. The number of carboxylic acid groups (broad SMARTS) is 1. The fourth-order valence-corrected chi connectivity index (χ4v) is 2.68. The van der Waals surface area contributed by atoms with Crippen LogP contribution in [0.15, 0.2) is 10.5 Å². The van der Waals surface area contributed by atoms with Crippen LogP contribution >= 0.6 is 0 Å². The summed E-state index contributed by atoms with van der Waals surface area (Å²) in [7, 11) is 1.72. The van der Waals surface area contributed by atoms with Crippen molar-refractivity contribution in [3.8, 4) is 0 Å². The minimum atomic E-state index is -1.07. The van der Waals surface area contributed by atoms with Crippen LogP contribution in [0.2, 0.25) is 0 Å². The van der Waals surface area contributed by atoms with Gasteiger partial charge in [0.1, 0.15) is 11.3 Å². The standard InChI is InChI=1S/C16H23NO5/c1-3-13-12(16(19)20)10-14(22-13)15(18)17(2)7-4-11-5-8-21-9-6-11/h10-11H,3-9H2,1-2H3,(H,19,20). The zero-order valence-corrected chi connectivity index (χ0v) is 13.1. The molecule has 0 aliphatic carbocycles. The number of carbonyl (C=O) groups excluding carboxylic acids is 1. The Morgan fingerprint density at radius 2 is 2.05 bits per heavy atom. The molecule has 2 rings (SSSR count). The van der Waals surface area contributed by atoms with Crippen LogP contribution in [0.1, 0.15) is 52.9 Å². The summed E-state index contributed by atoms with van der Waals surface area (Å²) in [6.07, 6.45) is 3.44. The maximum absolute atomic E-state index is 12.3. The summed E-state index contributed by atoms with van der Waals surface area (Å²) >= 11 is 0. The van der Waals surface area contributed by atoms with E-state index < -0.39 is 5.97 Å². The van der Waals surface area contributed by atoms with Crippen molar-refractivity contribution < 1.29 is 23.8 Å². The molecule has 122 valence electrons. The smallest absolute Gasteiger partial charge is 0.339 e. The molecule has 2 heterocycles. The van der Waals surface area contributed by atoms with Gasteiger partial charge in [-0.1, -0.05) is 6.92 Å². The number of ether oxygens (including phenoxy) is 1. The summed E-state index contributed by atoms with van der Waals surface area (Å²) in [5.74, 6) is -0.308. The van der Waals surface area contributed by atoms with Gasteiger partial charge in [0, 0.05) is 39.3 Å². The van der Waals surface area contributed by atoms with Gasteiger partial charge in [0.05, 0.1) is 0 Å². The molecule has 22 heavy (non-hydrogen) atoms. The summed E-state index contributed by atoms with van der Waals surface area (Å²) in [6.45, 7) is 4.02. The number of rotatable bonds is 6. The molecule has 1 saturated heterocycles. The Labute approximate surface area is 130 Å². The lowest BCUT2D eigenvalue weighted by molar-refractivity contribution is 0.0575. The molecule has 1 amide bonds. The minimum absolute atomic E-state index is 0.0729. The summed E-state index contributed by atoms with van der Waals surface area (Å²) in [5, 5.41) is 9.11. The first-order chi connectivity index (χ1) is 10.5. The van der Waals surface area contributed by atoms with Gasteiger partial charge in [-0.25, -0.2) is 4.79 Å². The first-order valence-corrected chi connectivity index (χ1v) is 7.72. The van der Waals surface area contributed by atoms with E-state index in [4.69, 9.17) is 14.3 Å². The van der Waals surface area contributed by atoms with Gasteiger partial charge in [0.25, 0.3) is 5.91 Å². The maximum atomic E-state index is 12.3. The highest BCUT2D eigenvalue weighted by atomic mass is 16.5. The topological polar surface area (TPSA) is 80.0 Å². The van der Waals surface area contributed by atoms with Crippen LogP contribution in [-0.2, 0) is 11.2 Å². The number of hydrogen-bond donors (Lipinski definition) is 1. The van der Waals surface area contributed by atoms with E-state index in [0.717, 1.165) is 32.5 Å². The van der Waals surface area contributed by atoms with Crippen molar-refractivity contribution >= 4 is 11.9 Å². The van der Waals surface area contributed by atoms with Crippen LogP contribution in [0.25, 0.3) is 0 Å². The zero-order chi connectivity index (χ0) is 16.1. The van der Waals surface area contributed by atoms with Crippen LogP contribution in [0, 0.1) is 5.92 Å². The molecule has 0 unspecified atom stereocenters. The summed E-state index contributed by atoms with van der Waals surface area (Å²) in [5.41, 5.74) is 0.0729. The fraction of sp³-hybridized carbons (Fsp3) is 0.625. The second kappa shape index (κ2) is 7.45. The van der Waals surface area contributed by atoms with E-state index in [2.05, 4.69) is 0 Å². The van der Waals surface area contributed by atoms with Crippen LogP contribution in [0.5, 0.6) is 0 Å². The predicted octanol–water partition coefficient (Wildman–Crippen LogP) is 2.43. The van der Waals surface area contributed by atoms with Crippen molar-refractivity contribution in [2.45, 2.75) is 32.6 Å². The van der Waals surface area contributed by atoms with E-state index in [-0.39, 0.29) is 17.2 Å². The summed E-state index contributed by atoms with van der Waals surface area (Å²) in [4.78, 5) is 25.1. The van der Waals surface area contributed by atoms with E-state index in [9.17, 15) is 9.59 Å². The van der Waals surface area contributed by atoms with E-state index in [0.29, 0.717) is 24.6 Å². The van der Waals surface area contributed by atoms with Gasteiger partial charge in [-0.2, -0.15) is 0 Å². The van der Waals surface area contributed by atoms with Crippen molar-refractivity contribution in [3.05, 3.63) is 23.2 Å². The lowest BCUT2D eigenvalue weighted by Gasteiger charge is -2.24. The Kier molecular flexibility index (Phi) is 5.60. The van der Waals surface area contributed by atoms with E-state index in [1.165, 1.54) is 6.07 Å². The van der Waals surface area contributed by atoms with Crippen molar-refractivity contribution in [1.29, 1.82) is 0 Å².